The van der Waals surface area contributed by atoms with Gasteiger partial charge in [0.25, 0.3) is 0 Å². The average molecular weight is 266 g/mol. The van der Waals surface area contributed by atoms with Crippen molar-refractivity contribution in [3.63, 3.8) is 0 Å². The van der Waals surface area contributed by atoms with Gasteiger partial charge in [-0.15, -0.1) is 0 Å². The second kappa shape index (κ2) is 5.10. The van der Waals surface area contributed by atoms with Gasteiger partial charge in [0.2, 0.25) is 0 Å². The first kappa shape index (κ1) is 12.4. The number of carbonyl (C=O) groups is 1. The fourth-order valence-electron chi connectivity index (χ4n) is 1.52. The second-order valence-corrected chi connectivity index (χ2v) is 4.09. The van der Waals surface area contributed by atoms with E-state index < -0.39 is 5.97 Å². The van der Waals surface area contributed by atoms with E-state index in [0.29, 0.717) is 11.5 Å². The number of hydrogen-bond acceptors (Lipinski definition) is 3. The number of nitrogens with one attached hydrogen (secondary N) is 1. The van der Waals surface area contributed by atoms with Crippen molar-refractivity contribution in [1.82, 2.24) is 9.78 Å². The number of carboxylic acid groups (broad SMARTS) is 1. The van der Waals surface area contributed by atoms with Crippen LogP contribution in [-0.2, 0) is 6.54 Å². The van der Waals surface area contributed by atoms with Crippen molar-refractivity contribution in [2.24, 2.45) is 0 Å². The zero-order valence-electron chi connectivity index (χ0n) is 9.72. The first-order valence-corrected chi connectivity index (χ1v) is 5.81. The maximum absolute atomic E-state index is 10.8. The van der Waals surface area contributed by atoms with Gasteiger partial charge in [0.1, 0.15) is 0 Å². The molecular weight excluding hydrogens is 254 g/mol. The van der Waals surface area contributed by atoms with Gasteiger partial charge < -0.3 is 10.4 Å². The molecule has 0 atom stereocenters. The molecule has 0 spiro atoms. The van der Waals surface area contributed by atoms with Crippen molar-refractivity contribution >= 4 is 29.1 Å². The number of hydrogen-bond donors (Lipinski definition) is 2. The van der Waals surface area contributed by atoms with E-state index in [-0.39, 0.29) is 10.6 Å². The topological polar surface area (TPSA) is 67.2 Å². The Bertz CT molecular complexity index is 580. The number of aromatic nitrogens is 2. The Balaban J connectivity index is 2.19. The molecule has 0 bridgehead atoms. The van der Waals surface area contributed by atoms with Gasteiger partial charge >= 0.3 is 5.97 Å². The Morgan fingerprint density at radius 2 is 2.28 bits per heavy atom. The lowest BCUT2D eigenvalue weighted by atomic mass is 10.2. The highest BCUT2D eigenvalue weighted by Gasteiger charge is 2.09. The molecule has 0 saturated heterocycles. The maximum Gasteiger partial charge on any atom is 0.337 e. The number of benzene rings is 1. The monoisotopic (exact) mass is 265 g/mol. The van der Waals surface area contributed by atoms with Gasteiger partial charge in [-0.3, -0.25) is 4.68 Å². The van der Waals surface area contributed by atoms with Crippen LogP contribution in [0.1, 0.15) is 17.3 Å². The average Bonchev–Trinajstić information content (AvgIpc) is 2.76. The molecule has 0 amide bonds. The molecule has 2 aromatic rings. The van der Waals surface area contributed by atoms with Crippen LogP contribution in [0.3, 0.4) is 0 Å². The minimum Gasteiger partial charge on any atom is -0.478 e. The zero-order valence-corrected chi connectivity index (χ0v) is 10.5. The smallest absolute Gasteiger partial charge is 0.337 e. The summed E-state index contributed by atoms with van der Waals surface area (Å²) in [6, 6.07) is 6.52. The number of anilines is 2. The summed E-state index contributed by atoms with van der Waals surface area (Å²) in [4.78, 5) is 10.8. The molecule has 1 heterocycles. The summed E-state index contributed by atoms with van der Waals surface area (Å²) < 4.78 is 1.79. The maximum atomic E-state index is 10.8. The summed E-state index contributed by atoms with van der Waals surface area (Å²) >= 11 is 5.88. The lowest BCUT2D eigenvalue weighted by Gasteiger charge is -2.05. The zero-order chi connectivity index (χ0) is 13.1. The van der Waals surface area contributed by atoms with Crippen LogP contribution < -0.4 is 5.32 Å². The quantitative estimate of drug-likeness (QED) is 0.892. The molecule has 6 heteroatoms. The minimum absolute atomic E-state index is 0.0845. The Morgan fingerprint density at radius 3 is 2.83 bits per heavy atom. The summed E-state index contributed by atoms with van der Waals surface area (Å²) in [6.07, 6.45) is 1.86. The van der Waals surface area contributed by atoms with Crippen LogP contribution in [0.15, 0.2) is 30.5 Å². The molecule has 0 fully saturated rings. The van der Waals surface area contributed by atoms with E-state index in [1.807, 2.05) is 19.2 Å². The van der Waals surface area contributed by atoms with Crippen LogP contribution in [0.2, 0.25) is 5.02 Å². The number of carboxylic acids is 1. The molecule has 5 nitrogen and oxygen atoms in total. The van der Waals surface area contributed by atoms with Gasteiger partial charge in [0, 0.05) is 24.5 Å². The molecule has 0 aliphatic rings. The summed E-state index contributed by atoms with van der Waals surface area (Å²) in [5, 5.41) is 16.4. The molecule has 2 rings (SSSR count). The molecule has 1 aromatic heterocycles. The van der Waals surface area contributed by atoms with Gasteiger partial charge in [0.05, 0.1) is 10.6 Å². The summed E-state index contributed by atoms with van der Waals surface area (Å²) in [5.41, 5.74) is 0.785. The van der Waals surface area contributed by atoms with E-state index in [2.05, 4.69) is 10.4 Å². The highest BCUT2D eigenvalue weighted by molar-refractivity contribution is 6.33. The fourth-order valence-corrected chi connectivity index (χ4v) is 1.78. The highest BCUT2D eigenvalue weighted by atomic mass is 35.5. The first-order chi connectivity index (χ1) is 8.60. The predicted octanol–water partition coefficient (Wildman–Crippen LogP) is 3.00. The third-order valence-electron chi connectivity index (χ3n) is 2.44. The Morgan fingerprint density at radius 1 is 1.50 bits per heavy atom. The first-order valence-electron chi connectivity index (χ1n) is 5.43. The molecular formula is C12H12ClN3O2. The van der Waals surface area contributed by atoms with Crippen LogP contribution in [0.4, 0.5) is 11.5 Å². The van der Waals surface area contributed by atoms with E-state index in [0.717, 1.165) is 6.54 Å². The number of aryl methyl sites for hydroxylation is 1. The van der Waals surface area contributed by atoms with E-state index in [4.69, 9.17) is 16.7 Å². The summed E-state index contributed by atoms with van der Waals surface area (Å²) in [7, 11) is 0. The van der Waals surface area contributed by atoms with Crippen molar-refractivity contribution < 1.29 is 9.90 Å². The van der Waals surface area contributed by atoms with Crippen LogP contribution in [0.5, 0.6) is 0 Å². The van der Waals surface area contributed by atoms with Crippen molar-refractivity contribution in [3.8, 4) is 0 Å². The van der Waals surface area contributed by atoms with Crippen molar-refractivity contribution in [2.75, 3.05) is 5.32 Å². The fraction of sp³-hybridized carbons (Fsp3) is 0.167. The third kappa shape index (κ3) is 2.62. The largest absolute Gasteiger partial charge is 0.478 e. The number of halogens is 1. The highest BCUT2D eigenvalue weighted by Crippen LogP contribution is 2.23. The number of rotatable bonds is 4. The second-order valence-electron chi connectivity index (χ2n) is 3.68. The van der Waals surface area contributed by atoms with Gasteiger partial charge in [-0.05, 0) is 25.1 Å². The van der Waals surface area contributed by atoms with Gasteiger partial charge in [0.15, 0.2) is 5.82 Å². The summed E-state index contributed by atoms with van der Waals surface area (Å²) in [6.45, 7) is 2.79. The lowest BCUT2D eigenvalue weighted by molar-refractivity contribution is 0.0697. The molecule has 0 aliphatic carbocycles. The van der Waals surface area contributed by atoms with E-state index in [1.54, 1.807) is 16.8 Å². The van der Waals surface area contributed by atoms with Crippen LogP contribution in [0, 0.1) is 0 Å². The van der Waals surface area contributed by atoms with Crippen LogP contribution in [-0.4, -0.2) is 20.9 Å². The molecule has 94 valence electrons. The summed E-state index contributed by atoms with van der Waals surface area (Å²) in [5.74, 6) is -0.349. The van der Waals surface area contributed by atoms with Gasteiger partial charge in [-0.2, -0.15) is 5.10 Å². The molecule has 18 heavy (non-hydrogen) atoms. The predicted molar refractivity (Wildman–Crippen MR) is 69.6 cm³/mol. The molecule has 0 aliphatic heterocycles. The van der Waals surface area contributed by atoms with Gasteiger partial charge in [-0.1, -0.05) is 11.6 Å². The van der Waals surface area contributed by atoms with Gasteiger partial charge in [-0.25, -0.2) is 4.79 Å². The molecule has 1 aromatic carbocycles. The Hall–Kier alpha value is -2.01. The van der Waals surface area contributed by atoms with E-state index in [1.165, 1.54) is 6.07 Å². The van der Waals surface area contributed by atoms with Crippen LogP contribution in [0.25, 0.3) is 0 Å². The Kier molecular flexibility index (Phi) is 3.53. The lowest BCUT2D eigenvalue weighted by Crippen LogP contribution is -1.99. The molecule has 2 N–H and O–H groups in total. The standard InChI is InChI=1S/C12H12ClN3O2/c1-2-16-6-5-11(15-16)14-8-3-4-9(12(17)18)10(13)7-8/h3-7H,2H2,1H3,(H,14,15)(H,17,18). The molecule has 0 radical (unpaired) electrons. The van der Waals surface area contributed by atoms with E-state index in [9.17, 15) is 4.79 Å². The van der Waals surface area contributed by atoms with E-state index >= 15 is 0 Å². The van der Waals surface area contributed by atoms with Crippen molar-refractivity contribution in [1.29, 1.82) is 0 Å². The van der Waals surface area contributed by atoms with Crippen molar-refractivity contribution in [3.05, 3.63) is 41.0 Å². The van der Waals surface area contributed by atoms with Crippen molar-refractivity contribution in [2.45, 2.75) is 13.5 Å². The normalized spacial score (nSPS) is 10.3. The minimum atomic E-state index is -1.04. The SMILES string of the molecule is CCn1ccc(Nc2ccc(C(=O)O)c(Cl)c2)n1. The Labute approximate surface area is 109 Å². The van der Waals surface area contributed by atoms with Crippen LogP contribution >= 0.6 is 11.6 Å². The third-order valence-corrected chi connectivity index (χ3v) is 2.75. The molecule has 0 saturated carbocycles. The number of nitrogens with zero attached hydrogens (tertiary/aromatic N) is 2. The molecule has 0 unspecified atom stereocenters. The number of aromatic carboxylic acids is 1.